The van der Waals surface area contributed by atoms with Gasteiger partial charge in [0.05, 0.1) is 18.9 Å². The molecule has 0 aliphatic carbocycles. The molecule has 3 aromatic rings. The Balaban J connectivity index is 1.67. The number of H-pyrrole nitrogens is 1. The van der Waals surface area contributed by atoms with Crippen LogP contribution in [0.1, 0.15) is 15.9 Å². The van der Waals surface area contributed by atoms with Crippen molar-refractivity contribution in [2.75, 3.05) is 19.5 Å². The molecule has 0 bridgehead atoms. The van der Waals surface area contributed by atoms with Gasteiger partial charge >= 0.3 is 6.03 Å². The van der Waals surface area contributed by atoms with E-state index in [9.17, 15) is 9.59 Å². The molecule has 3 heterocycles. The van der Waals surface area contributed by atoms with E-state index < -0.39 is 0 Å². The summed E-state index contributed by atoms with van der Waals surface area (Å²) in [7, 11) is 3.08. The predicted molar refractivity (Wildman–Crippen MR) is 100 cm³/mol. The van der Waals surface area contributed by atoms with E-state index in [4.69, 9.17) is 9.47 Å². The maximum Gasteiger partial charge on any atom is 0.318 e. The van der Waals surface area contributed by atoms with E-state index >= 15 is 0 Å². The van der Waals surface area contributed by atoms with Crippen LogP contribution in [-0.2, 0) is 0 Å². The first-order valence-corrected chi connectivity index (χ1v) is 8.17. The average molecular weight is 364 g/mol. The van der Waals surface area contributed by atoms with E-state index in [0.29, 0.717) is 28.4 Å². The number of urea groups is 1. The molecule has 1 aromatic carbocycles. The van der Waals surface area contributed by atoms with Crippen molar-refractivity contribution in [3.63, 3.8) is 0 Å². The van der Waals surface area contributed by atoms with Crippen LogP contribution in [0.4, 0.5) is 10.5 Å². The van der Waals surface area contributed by atoms with Crippen molar-refractivity contribution >= 4 is 34.6 Å². The predicted octanol–water partition coefficient (Wildman–Crippen LogP) is 2.94. The Morgan fingerprint density at radius 2 is 2.19 bits per heavy atom. The number of fused-ring (bicyclic) bond motifs is 2. The van der Waals surface area contributed by atoms with Gasteiger partial charge in [-0.2, -0.15) is 0 Å². The number of methoxy groups -OCH3 is 1. The van der Waals surface area contributed by atoms with Crippen LogP contribution in [-0.4, -0.2) is 35.9 Å². The number of carbonyl (C=O) groups excluding carboxylic acids is 2. The lowest BCUT2D eigenvalue weighted by Gasteiger charge is -2.04. The summed E-state index contributed by atoms with van der Waals surface area (Å²) in [4.78, 5) is 31.5. The van der Waals surface area contributed by atoms with Gasteiger partial charge in [0.1, 0.15) is 17.1 Å². The molecule has 1 aliphatic rings. The number of carbonyl (C=O) groups is 2. The molecule has 2 amide bonds. The first-order chi connectivity index (χ1) is 13.1. The van der Waals surface area contributed by atoms with Crippen LogP contribution in [0.3, 0.4) is 0 Å². The Hall–Kier alpha value is -3.81. The molecule has 8 heteroatoms. The van der Waals surface area contributed by atoms with E-state index in [1.54, 1.807) is 43.8 Å². The number of amides is 2. The van der Waals surface area contributed by atoms with Crippen molar-refractivity contribution < 1.29 is 19.1 Å². The molecule has 0 saturated carbocycles. The Labute approximate surface area is 154 Å². The number of nitrogens with zero attached hydrogens (tertiary/aromatic N) is 1. The van der Waals surface area contributed by atoms with Crippen LogP contribution < -0.4 is 20.1 Å². The van der Waals surface area contributed by atoms with Gasteiger partial charge in [0.25, 0.3) is 0 Å². The Morgan fingerprint density at radius 1 is 1.33 bits per heavy atom. The fourth-order valence-corrected chi connectivity index (χ4v) is 2.84. The Morgan fingerprint density at radius 3 is 2.96 bits per heavy atom. The number of pyridine rings is 1. The third-order valence-corrected chi connectivity index (χ3v) is 4.21. The largest absolute Gasteiger partial charge is 0.495 e. The van der Waals surface area contributed by atoms with Gasteiger partial charge in [-0.3, -0.25) is 4.79 Å². The molecular formula is C19H16N4O4. The number of hydrogen-bond acceptors (Lipinski definition) is 5. The highest BCUT2D eigenvalue weighted by Crippen LogP contribution is 2.34. The Bertz CT molecular complexity index is 1100. The summed E-state index contributed by atoms with van der Waals surface area (Å²) in [5.41, 5.74) is 2.34. The van der Waals surface area contributed by atoms with Gasteiger partial charge < -0.3 is 25.1 Å². The van der Waals surface area contributed by atoms with E-state index in [1.165, 1.54) is 7.05 Å². The standard InChI is InChI=1S/C19H16N4O4/c1-20-19(25)23-11-3-4-15-14(6-11)17(24)16(27-15)5-10-8-21-18-13(10)7-12(26-2)9-22-18/h3-9H,1-2H3,(H,21,22)(H2,20,23,25). The van der Waals surface area contributed by atoms with Crippen molar-refractivity contribution in [3.05, 3.63) is 53.5 Å². The summed E-state index contributed by atoms with van der Waals surface area (Å²) in [6, 6.07) is 6.39. The second-order valence-corrected chi connectivity index (χ2v) is 5.87. The van der Waals surface area contributed by atoms with Gasteiger partial charge in [0, 0.05) is 29.9 Å². The number of ketones is 1. The minimum atomic E-state index is -0.364. The van der Waals surface area contributed by atoms with Crippen molar-refractivity contribution in [2.45, 2.75) is 0 Å². The third-order valence-electron chi connectivity index (χ3n) is 4.21. The fraction of sp³-hybridized carbons (Fsp3) is 0.105. The molecule has 2 aromatic heterocycles. The van der Waals surface area contributed by atoms with Gasteiger partial charge in [-0.1, -0.05) is 0 Å². The number of allylic oxidation sites excluding steroid dienone is 1. The molecule has 0 saturated heterocycles. The highest BCUT2D eigenvalue weighted by atomic mass is 16.5. The van der Waals surface area contributed by atoms with Crippen molar-refractivity contribution in [1.29, 1.82) is 0 Å². The molecule has 4 rings (SSSR count). The summed E-state index contributed by atoms with van der Waals surface area (Å²) < 4.78 is 10.9. The van der Waals surface area contributed by atoms with Gasteiger partial charge in [0.2, 0.25) is 5.78 Å². The minimum absolute atomic E-state index is 0.200. The first-order valence-electron chi connectivity index (χ1n) is 8.17. The van der Waals surface area contributed by atoms with Crippen LogP contribution in [0.25, 0.3) is 17.1 Å². The molecular weight excluding hydrogens is 348 g/mol. The second-order valence-electron chi connectivity index (χ2n) is 5.87. The van der Waals surface area contributed by atoms with E-state index in [1.807, 2.05) is 6.07 Å². The molecule has 8 nitrogen and oxygen atoms in total. The quantitative estimate of drug-likeness (QED) is 0.620. The summed E-state index contributed by atoms with van der Waals surface area (Å²) >= 11 is 0. The maximum absolute atomic E-state index is 12.7. The molecule has 1 aliphatic heterocycles. The maximum atomic E-state index is 12.7. The lowest BCUT2D eigenvalue weighted by atomic mass is 10.1. The summed E-state index contributed by atoms with van der Waals surface area (Å²) in [5, 5.41) is 5.91. The highest BCUT2D eigenvalue weighted by Gasteiger charge is 2.28. The smallest absolute Gasteiger partial charge is 0.318 e. The number of nitrogens with one attached hydrogen (secondary N) is 3. The minimum Gasteiger partial charge on any atom is -0.495 e. The monoisotopic (exact) mass is 364 g/mol. The summed E-state index contributed by atoms with van der Waals surface area (Å²) in [5.74, 6) is 1.01. The Kier molecular flexibility index (Phi) is 4.00. The number of benzene rings is 1. The number of aromatic nitrogens is 2. The SMILES string of the molecule is CNC(=O)Nc1ccc2c(c1)C(=O)C(=Cc1c[nH]c3ncc(OC)cc13)O2. The molecule has 0 spiro atoms. The normalized spacial score (nSPS) is 14.1. The molecule has 3 N–H and O–H groups in total. The zero-order valence-corrected chi connectivity index (χ0v) is 14.6. The van der Waals surface area contributed by atoms with Crippen LogP contribution in [0, 0.1) is 0 Å². The van der Waals surface area contributed by atoms with Crippen LogP contribution in [0.5, 0.6) is 11.5 Å². The first kappa shape index (κ1) is 16.6. The topological polar surface area (TPSA) is 105 Å². The number of Topliss-reactive ketones (excluding diaryl/α,β-unsaturated/α-hetero) is 1. The van der Waals surface area contributed by atoms with Crippen molar-refractivity contribution in [1.82, 2.24) is 15.3 Å². The number of ether oxygens (including phenoxy) is 2. The van der Waals surface area contributed by atoms with Crippen LogP contribution in [0.15, 0.2) is 42.4 Å². The fourth-order valence-electron chi connectivity index (χ4n) is 2.84. The van der Waals surface area contributed by atoms with E-state index in [2.05, 4.69) is 20.6 Å². The van der Waals surface area contributed by atoms with Crippen molar-refractivity contribution in [3.8, 4) is 11.5 Å². The zero-order chi connectivity index (χ0) is 19.0. The number of aromatic amines is 1. The molecule has 0 radical (unpaired) electrons. The van der Waals surface area contributed by atoms with Gasteiger partial charge in [-0.05, 0) is 30.3 Å². The summed E-state index contributed by atoms with van der Waals surface area (Å²) in [6.45, 7) is 0. The third kappa shape index (κ3) is 2.97. The molecule has 136 valence electrons. The molecule has 0 fully saturated rings. The van der Waals surface area contributed by atoms with Gasteiger partial charge in [-0.25, -0.2) is 9.78 Å². The number of rotatable bonds is 3. The van der Waals surface area contributed by atoms with E-state index in [-0.39, 0.29) is 17.6 Å². The van der Waals surface area contributed by atoms with E-state index in [0.717, 1.165) is 10.9 Å². The molecule has 0 unspecified atom stereocenters. The number of hydrogen-bond donors (Lipinski definition) is 3. The average Bonchev–Trinajstić information content (AvgIpc) is 3.23. The van der Waals surface area contributed by atoms with Crippen molar-refractivity contribution in [2.24, 2.45) is 0 Å². The lowest BCUT2D eigenvalue weighted by Crippen LogP contribution is -2.24. The van der Waals surface area contributed by atoms with Gasteiger partial charge in [0.15, 0.2) is 5.76 Å². The number of anilines is 1. The highest BCUT2D eigenvalue weighted by molar-refractivity contribution is 6.15. The molecule has 27 heavy (non-hydrogen) atoms. The summed E-state index contributed by atoms with van der Waals surface area (Å²) in [6.07, 6.45) is 5.03. The second kappa shape index (κ2) is 6.49. The zero-order valence-electron chi connectivity index (χ0n) is 14.6. The molecule has 0 atom stereocenters. The van der Waals surface area contributed by atoms with Crippen LogP contribution in [0.2, 0.25) is 0 Å². The van der Waals surface area contributed by atoms with Crippen LogP contribution >= 0.6 is 0 Å². The van der Waals surface area contributed by atoms with Gasteiger partial charge in [-0.15, -0.1) is 0 Å². The lowest BCUT2D eigenvalue weighted by molar-refractivity contribution is 0.101.